The van der Waals surface area contributed by atoms with Crippen LogP contribution in [0.5, 0.6) is 6.01 Å². The smallest absolute Gasteiger partial charge is 0.318 e. The number of ether oxygens (including phenoxy) is 1. The van der Waals surface area contributed by atoms with Crippen molar-refractivity contribution in [2.45, 2.75) is 38.1 Å². The van der Waals surface area contributed by atoms with E-state index < -0.39 is 0 Å². The number of rotatable bonds is 5. The SMILES string of the molecule is COc1nc(-c2cnn(C(CC#N)C3CCCC3)c2)c2cc[nH]c2n1. The highest BCUT2D eigenvalue weighted by molar-refractivity contribution is 5.90. The van der Waals surface area contributed by atoms with Crippen LogP contribution in [0.25, 0.3) is 22.3 Å². The van der Waals surface area contributed by atoms with E-state index in [1.54, 1.807) is 7.11 Å². The summed E-state index contributed by atoms with van der Waals surface area (Å²) in [5.74, 6) is 0.527. The van der Waals surface area contributed by atoms with E-state index in [4.69, 9.17) is 4.74 Å². The average Bonchev–Trinajstić information content (AvgIpc) is 3.39. The van der Waals surface area contributed by atoms with Crippen molar-refractivity contribution < 1.29 is 4.74 Å². The van der Waals surface area contributed by atoms with E-state index in [1.807, 2.05) is 29.3 Å². The Hall–Kier alpha value is -2.88. The first-order valence-electron chi connectivity index (χ1n) is 8.60. The van der Waals surface area contributed by atoms with Gasteiger partial charge in [-0.25, -0.2) is 0 Å². The molecule has 0 radical (unpaired) electrons. The summed E-state index contributed by atoms with van der Waals surface area (Å²) in [7, 11) is 1.56. The number of nitrogens with one attached hydrogen (secondary N) is 1. The Balaban J connectivity index is 1.73. The number of aromatic nitrogens is 5. The van der Waals surface area contributed by atoms with Gasteiger partial charge in [0.15, 0.2) is 0 Å². The van der Waals surface area contributed by atoms with Gasteiger partial charge in [0.05, 0.1) is 37.5 Å². The molecule has 0 bridgehead atoms. The van der Waals surface area contributed by atoms with Gasteiger partial charge in [-0.15, -0.1) is 0 Å². The van der Waals surface area contributed by atoms with Crippen molar-refractivity contribution in [3.8, 4) is 23.3 Å². The first-order valence-corrected chi connectivity index (χ1v) is 8.60. The number of nitrogens with zero attached hydrogens (tertiary/aromatic N) is 5. The number of H-pyrrole nitrogens is 1. The molecule has 0 aliphatic heterocycles. The molecule has 3 heterocycles. The average molecular weight is 336 g/mol. The Morgan fingerprint density at radius 3 is 3.00 bits per heavy atom. The summed E-state index contributed by atoms with van der Waals surface area (Å²) in [6, 6.07) is 4.73. The Labute approximate surface area is 145 Å². The highest BCUT2D eigenvalue weighted by atomic mass is 16.5. The molecule has 128 valence electrons. The number of methoxy groups -OCH3 is 1. The molecule has 1 saturated carbocycles. The highest BCUT2D eigenvalue weighted by Gasteiger charge is 2.27. The third kappa shape index (κ3) is 2.84. The highest BCUT2D eigenvalue weighted by Crippen LogP contribution is 2.36. The van der Waals surface area contributed by atoms with E-state index in [0.717, 1.165) is 22.3 Å². The van der Waals surface area contributed by atoms with Crippen LogP contribution < -0.4 is 4.74 Å². The molecule has 1 N–H and O–H groups in total. The molecule has 1 aliphatic carbocycles. The van der Waals surface area contributed by atoms with Gasteiger partial charge >= 0.3 is 6.01 Å². The molecule has 3 aromatic heterocycles. The van der Waals surface area contributed by atoms with Crippen molar-refractivity contribution in [2.75, 3.05) is 7.11 Å². The van der Waals surface area contributed by atoms with Crippen LogP contribution in [0, 0.1) is 17.2 Å². The first kappa shape index (κ1) is 15.6. The summed E-state index contributed by atoms with van der Waals surface area (Å²) in [5, 5.41) is 14.7. The number of hydrogen-bond donors (Lipinski definition) is 1. The zero-order valence-corrected chi connectivity index (χ0v) is 14.1. The molecular formula is C18H20N6O. The third-order valence-electron chi connectivity index (χ3n) is 5.04. The van der Waals surface area contributed by atoms with Gasteiger partial charge in [0.25, 0.3) is 0 Å². The fraction of sp³-hybridized carbons (Fsp3) is 0.444. The Kier molecular flexibility index (Phi) is 4.10. The molecule has 25 heavy (non-hydrogen) atoms. The van der Waals surface area contributed by atoms with E-state index in [1.165, 1.54) is 25.7 Å². The van der Waals surface area contributed by atoms with Crippen molar-refractivity contribution in [3.63, 3.8) is 0 Å². The molecule has 0 saturated heterocycles. The van der Waals surface area contributed by atoms with Gasteiger partial charge in [0, 0.05) is 23.3 Å². The number of nitriles is 1. The lowest BCUT2D eigenvalue weighted by Crippen LogP contribution is -2.17. The first-order chi connectivity index (χ1) is 12.3. The monoisotopic (exact) mass is 336 g/mol. The molecule has 1 unspecified atom stereocenters. The summed E-state index contributed by atoms with van der Waals surface area (Å²) in [6.07, 6.45) is 11.0. The summed E-state index contributed by atoms with van der Waals surface area (Å²) < 4.78 is 7.16. The van der Waals surface area contributed by atoms with Gasteiger partial charge in [-0.2, -0.15) is 20.3 Å². The minimum atomic E-state index is 0.131. The van der Waals surface area contributed by atoms with E-state index in [0.29, 0.717) is 18.3 Å². The third-order valence-corrected chi connectivity index (χ3v) is 5.04. The second-order valence-electron chi connectivity index (χ2n) is 6.48. The molecule has 7 heteroatoms. The summed E-state index contributed by atoms with van der Waals surface area (Å²) >= 11 is 0. The van der Waals surface area contributed by atoms with Crippen LogP contribution in [0.15, 0.2) is 24.7 Å². The molecule has 1 aliphatic rings. The second kappa shape index (κ2) is 6.55. The van der Waals surface area contributed by atoms with Crippen LogP contribution in [0.3, 0.4) is 0 Å². The maximum absolute atomic E-state index is 9.23. The fourth-order valence-corrected chi connectivity index (χ4v) is 3.79. The maximum atomic E-state index is 9.23. The van der Waals surface area contributed by atoms with Gasteiger partial charge in [-0.1, -0.05) is 12.8 Å². The van der Waals surface area contributed by atoms with Crippen LogP contribution in [-0.4, -0.2) is 31.8 Å². The van der Waals surface area contributed by atoms with Crippen molar-refractivity contribution >= 4 is 11.0 Å². The van der Waals surface area contributed by atoms with Gasteiger partial charge in [-0.05, 0) is 24.8 Å². The molecule has 0 spiro atoms. The molecule has 0 aromatic carbocycles. The number of aromatic amines is 1. The van der Waals surface area contributed by atoms with Crippen LogP contribution in [0.4, 0.5) is 0 Å². The number of hydrogen-bond acceptors (Lipinski definition) is 5. The molecular weight excluding hydrogens is 316 g/mol. The Bertz CT molecular complexity index is 915. The minimum absolute atomic E-state index is 0.131. The van der Waals surface area contributed by atoms with Crippen LogP contribution >= 0.6 is 0 Å². The molecule has 1 atom stereocenters. The van der Waals surface area contributed by atoms with Gasteiger partial charge in [-0.3, -0.25) is 4.68 Å². The van der Waals surface area contributed by atoms with Gasteiger partial charge in [0.2, 0.25) is 0 Å². The normalized spacial score (nSPS) is 16.2. The van der Waals surface area contributed by atoms with E-state index in [2.05, 4.69) is 26.1 Å². The lowest BCUT2D eigenvalue weighted by atomic mass is 9.96. The number of fused-ring (bicyclic) bond motifs is 1. The Morgan fingerprint density at radius 1 is 1.40 bits per heavy atom. The summed E-state index contributed by atoms with van der Waals surface area (Å²) in [4.78, 5) is 11.9. The van der Waals surface area contributed by atoms with Crippen molar-refractivity contribution in [2.24, 2.45) is 5.92 Å². The molecule has 4 rings (SSSR count). The Morgan fingerprint density at radius 2 is 2.24 bits per heavy atom. The largest absolute Gasteiger partial charge is 0.467 e. The topological polar surface area (TPSA) is 92.4 Å². The lowest BCUT2D eigenvalue weighted by Gasteiger charge is -2.21. The zero-order chi connectivity index (χ0) is 17.2. The predicted molar refractivity (Wildman–Crippen MR) is 92.9 cm³/mol. The zero-order valence-electron chi connectivity index (χ0n) is 14.1. The molecule has 1 fully saturated rings. The van der Waals surface area contributed by atoms with Crippen molar-refractivity contribution in [1.29, 1.82) is 5.26 Å². The predicted octanol–water partition coefficient (Wildman–Crippen LogP) is 3.47. The van der Waals surface area contributed by atoms with Crippen molar-refractivity contribution in [1.82, 2.24) is 24.7 Å². The van der Waals surface area contributed by atoms with Crippen LogP contribution in [0.2, 0.25) is 0 Å². The lowest BCUT2D eigenvalue weighted by molar-refractivity contribution is 0.315. The van der Waals surface area contributed by atoms with Crippen LogP contribution in [0.1, 0.15) is 38.1 Å². The quantitative estimate of drug-likeness (QED) is 0.770. The fourth-order valence-electron chi connectivity index (χ4n) is 3.79. The summed E-state index contributed by atoms with van der Waals surface area (Å²) in [6.45, 7) is 0. The molecule has 3 aromatic rings. The van der Waals surface area contributed by atoms with Crippen molar-refractivity contribution in [3.05, 3.63) is 24.7 Å². The van der Waals surface area contributed by atoms with Crippen LogP contribution in [-0.2, 0) is 0 Å². The van der Waals surface area contributed by atoms with E-state index in [9.17, 15) is 5.26 Å². The molecule has 7 nitrogen and oxygen atoms in total. The van der Waals surface area contributed by atoms with Gasteiger partial charge < -0.3 is 9.72 Å². The second-order valence-corrected chi connectivity index (χ2v) is 6.48. The summed E-state index contributed by atoms with van der Waals surface area (Å²) in [5.41, 5.74) is 2.43. The van der Waals surface area contributed by atoms with E-state index >= 15 is 0 Å². The van der Waals surface area contributed by atoms with Gasteiger partial charge in [0.1, 0.15) is 5.65 Å². The van der Waals surface area contributed by atoms with E-state index in [-0.39, 0.29) is 6.04 Å². The minimum Gasteiger partial charge on any atom is -0.467 e. The molecule has 0 amide bonds. The maximum Gasteiger partial charge on any atom is 0.318 e. The standard InChI is InChI=1S/C18H20N6O/c1-25-18-22-16(14-7-9-20-17(14)23-18)13-10-21-24(11-13)15(6-8-19)12-4-2-3-5-12/h7,9-12,15H,2-6H2,1H3,(H,20,22,23).